The highest BCUT2D eigenvalue weighted by atomic mass is 16.5. The highest BCUT2D eigenvalue weighted by Crippen LogP contribution is 2.39. The topological polar surface area (TPSA) is 59.0 Å². The number of aliphatic hydroxyl groups excluding tert-OH is 1. The average molecular weight is 361 g/mol. The summed E-state index contributed by atoms with van der Waals surface area (Å²) < 4.78 is 11.2. The molecule has 5 nitrogen and oxygen atoms in total. The minimum atomic E-state index is -0.746. The number of carbonyl (C=O) groups excluding carboxylic acids is 1. The van der Waals surface area contributed by atoms with Crippen molar-refractivity contribution in [1.82, 2.24) is 4.90 Å². The number of nitrogens with zero attached hydrogens (tertiary/aromatic N) is 1. The fraction of sp³-hybridized carbons (Fsp3) is 0.571. The van der Waals surface area contributed by atoms with E-state index >= 15 is 0 Å². The quantitative estimate of drug-likeness (QED) is 0.597. The second-order valence-electron chi connectivity index (χ2n) is 8.18. The molecule has 26 heavy (non-hydrogen) atoms. The fourth-order valence-electron chi connectivity index (χ4n) is 4.00. The SMILES string of the molecule is C=CC(=O)OCC(O)CN1C(C)(C)CC(Oc2ccccc2)CC1(C)C. The van der Waals surface area contributed by atoms with Gasteiger partial charge in [-0.05, 0) is 39.8 Å². The number of rotatable bonds is 7. The number of carbonyl (C=O) groups is 1. The number of piperidine rings is 1. The van der Waals surface area contributed by atoms with E-state index in [4.69, 9.17) is 9.47 Å². The molecule has 1 aliphatic heterocycles. The van der Waals surface area contributed by atoms with Crippen molar-refractivity contribution in [3.05, 3.63) is 43.0 Å². The summed E-state index contributed by atoms with van der Waals surface area (Å²) in [6, 6.07) is 9.88. The fourth-order valence-corrected chi connectivity index (χ4v) is 4.00. The molecule has 0 spiro atoms. The van der Waals surface area contributed by atoms with Crippen molar-refractivity contribution in [1.29, 1.82) is 0 Å². The van der Waals surface area contributed by atoms with Crippen molar-refractivity contribution in [3.8, 4) is 5.75 Å². The van der Waals surface area contributed by atoms with Crippen LogP contribution in [-0.4, -0.2) is 52.4 Å². The number of aliphatic hydroxyl groups is 1. The summed E-state index contributed by atoms with van der Waals surface area (Å²) in [5.74, 6) is 0.367. The molecular weight excluding hydrogens is 330 g/mol. The molecule has 1 atom stereocenters. The van der Waals surface area contributed by atoms with Crippen molar-refractivity contribution < 1.29 is 19.4 Å². The average Bonchev–Trinajstić information content (AvgIpc) is 2.56. The van der Waals surface area contributed by atoms with Crippen LogP contribution in [0, 0.1) is 0 Å². The van der Waals surface area contributed by atoms with Gasteiger partial charge in [-0.3, -0.25) is 4.90 Å². The maximum atomic E-state index is 11.2. The van der Waals surface area contributed by atoms with E-state index in [9.17, 15) is 9.90 Å². The Morgan fingerprint density at radius 3 is 2.38 bits per heavy atom. The Kier molecular flexibility index (Phi) is 6.48. The third kappa shape index (κ3) is 5.32. The van der Waals surface area contributed by atoms with Crippen LogP contribution in [-0.2, 0) is 9.53 Å². The first-order valence-electron chi connectivity index (χ1n) is 9.11. The standard InChI is InChI=1S/C21H31NO4/c1-6-19(24)25-15-16(23)14-22-20(2,3)12-18(13-21(22,4)5)26-17-10-8-7-9-11-17/h6-11,16,18,23H,1,12-15H2,2-5H3. The van der Waals surface area contributed by atoms with Gasteiger partial charge < -0.3 is 14.6 Å². The maximum absolute atomic E-state index is 11.2. The van der Waals surface area contributed by atoms with E-state index in [1.165, 1.54) is 0 Å². The molecule has 2 rings (SSSR count). The lowest BCUT2D eigenvalue weighted by atomic mass is 9.77. The summed E-state index contributed by atoms with van der Waals surface area (Å²) in [4.78, 5) is 13.5. The number of likely N-dealkylation sites (tertiary alicyclic amines) is 1. The zero-order valence-corrected chi connectivity index (χ0v) is 16.3. The summed E-state index contributed by atoms with van der Waals surface area (Å²) in [5, 5.41) is 10.3. The van der Waals surface area contributed by atoms with Gasteiger partial charge in [0.1, 0.15) is 24.6 Å². The number of ether oxygens (including phenoxy) is 2. The van der Waals surface area contributed by atoms with E-state index in [2.05, 4.69) is 39.2 Å². The lowest BCUT2D eigenvalue weighted by Gasteiger charge is -2.55. The highest BCUT2D eigenvalue weighted by Gasteiger charge is 2.46. The summed E-state index contributed by atoms with van der Waals surface area (Å²) in [5.41, 5.74) is -0.324. The molecule has 0 aromatic heterocycles. The maximum Gasteiger partial charge on any atom is 0.330 e. The monoisotopic (exact) mass is 361 g/mol. The van der Waals surface area contributed by atoms with Gasteiger partial charge >= 0.3 is 5.97 Å². The van der Waals surface area contributed by atoms with Gasteiger partial charge in [0.25, 0.3) is 0 Å². The second-order valence-corrected chi connectivity index (χ2v) is 8.18. The normalized spacial score (nSPS) is 21.0. The van der Waals surface area contributed by atoms with E-state index in [1.54, 1.807) is 0 Å². The molecular formula is C21H31NO4. The van der Waals surface area contributed by atoms with Gasteiger partial charge in [0.05, 0.1) is 0 Å². The molecule has 1 aliphatic rings. The molecule has 0 bridgehead atoms. The molecule has 5 heteroatoms. The Bertz CT molecular complexity index is 594. The first-order valence-corrected chi connectivity index (χ1v) is 9.11. The van der Waals surface area contributed by atoms with E-state index in [0.29, 0.717) is 6.54 Å². The Labute approximate surface area is 156 Å². The number of benzene rings is 1. The molecule has 1 aromatic rings. The van der Waals surface area contributed by atoms with Gasteiger partial charge in [0.2, 0.25) is 0 Å². The minimum Gasteiger partial charge on any atom is -0.490 e. The molecule has 1 heterocycles. The summed E-state index contributed by atoms with van der Waals surface area (Å²) in [6.07, 6.45) is 2.17. The summed E-state index contributed by atoms with van der Waals surface area (Å²) in [6.45, 7) is 12.4. The first-order chi connectivity index (χ1) is 12.1. The summed E-state index contributed by atoms with van der Waals surface area (Å²) >= 11 is 0. The highest BCUT2D eigenvalue weighted by molar-refractivity contribution is 5.81. The van der Waals surface area contributed by atoms with E-state index in [0.717, 1.165) is 24.7 Å². The Morgan fingerprint density at radius 1 is 1.27 bits per heavy atom. The van der Waals surface area contributed by atoms with Crippen molar-refractivity contribution in [2.45, 2.75) is 63.8 Å². The number of hydrogen-bond donors (Lipinski definition) is 1. The van der Waals surface area contributed by atoms with Crippen LogP contribution in [0.2, 0.25) is 0 Å². The zero-order chi connectivity index (χ0) is 19.4. The van der Waals surface area contributed by atoms with Crippen molar-refractivity contribution >= 4 is 5.97 Å². The summed E-state index contributed by atoms with van der Waals surface area (Å²) in [7, 11) is 0. The molecule has 1 aromatic carbocycles. The van der Waals surface area contributed by atoms with Crippen molar-refractivity contribution in [3.63, 3.8) is 0 Å². The molecule has 0 aliphatic carbocycles. The molecule has 0 saturated carbocycles. The van der Waals surface area contributed by atoms with Crippen LogP contribution in [0.15, 0.2) is 43.0 Å². The van der Waals surface area contributed by atoms with Crippen molar-refractivity contribution in [2.24, 2.45) is 0 Å². The van der Waals surface area contributed by atoms with Crippen LogP contribution in [0.25, 0.3) is 0 Å². The number of hydrogen-bond acceptors (Lipinski definition) is 5. The van der Waals surface area contributed by atoms with Crippen LogP contribution in [0.4, 0.5) is 0 Å². The molecule has 1 saturated heterocycles. The smallest absolute Gasteiger partial charge is 0.330 e. The number of esters is 1. The number of para-hydroxylation sites is 1. The third-order valence-corrected chi connectivity index (χ3v) is 4.94. The van der Waals surface area contributed by atoms with E-state index in [1.807, 2.05) is 30.3 Å². The van der Waals surface area contributed by atoms with E-state index in [-0.39, 0.29) is 23.8 Å². The van der Waals surface area contributed by atoms with Gasteiger partial charge in [-0.25, -0.2) is 4.79 Å². The number of β-amino-alcohol motifs (C(OH)–C–C–N with tert-alkyl or cyclic N) is 1. The Hall–Kier alpha value is -1.85. The third-order valence-electron chi connectivity index (χ3n) is 4.94. The lowest BCUT2D eigenvalue weighted by molar-refractivity contribution is -0.143. The molecule has 1 N–H and O–H groups in total. The van der Waals surface area contributed by atoms with Crippen LogP contribution in [0.3, 0.4) is 0 Å². The van der Waals surface area contributed by atoms with Gasteiger partial charge in [0, 0.05) is 36.5 Å². The van der Waals surface area contributed by atoms with Gasteiger partial charge in [0.15, 0.2) is 0 Å². The molecule has 0 amide bonds. The largest absolute Gasteiger partial charge is 0.490 e. The van der Waals surface area contributed by atoms with Crippen LogP contribution >= 0.6 is 0 Å². The Morgan fingerprint density at radius 2 is 1.85 bits per heavy atom. The van der Waals surface area contributed by atoms with Crippen LogP contribution in [0.5, 0.6) is 5.75 Å². The van der Waals surface area contributed by atoms with Gasteiger partial charge in [-0.15, -0.1) is 0 Å². The lowest BCUT2D eigenvalue weighted by Crippen LogP contribution is -2.64. The molecule has 1 unspecified atom stereocenters. The molecule has 144 valence electrons. The van der Waals surface area contributed by atoms with E-state index < -0.39 is 12.1 Å². The van der Waals surface area contributed by atoms with Gasteiger partial charge in [-0.1, -0.05) is 24.8 Å². The van der Waals surface area contributed by atoms with Crippen LogP contribution < -0.4 is 4.74 Å². The molecule has 1 fully saturated rings. The van der Waals surface area contributed by atoms with Crippen molar-refractivity contribution in [2.75, 3.05) is 13.2 Å². The predicted octanol–water partition coefficient (Wildman–Crippen LogP) is 3.18. The van der Waals surface area contributed by atoms with Gasteiger partial charge in [-0.2, -0.15) is 0 Å². The zero-order valence-electron chi connectivity index (χ0n) is 16.3. The first kappa shape index (κ1) is 20.5. The minimum absolute atomic E-state index is 0.0303. The Balaban J connectivity index is 2.02. The predicted molar refractivity (Wildman–Crippen MR) is 102 cm³/mol. The second kappa shape index (κ2) is 8.23. The van der Waals surface area contributed by atoms with Crippen LogP contribution in [0.1, 0.15) is 40.5 Å². The molecule has 0 radical (unpaired) electrons.